The molecule has 3 saturated heterocycles. The van der Waals surface area contributed by atoms with Gasteiger partial charge < -0.3 is 23.7 Å². The quantitative estimate of drug-likeness (QED) is 0.589. The summed E-state index contributed by atoms with van der Waals surface area (Å²) in [5.74, 6) is 1.22. The predicted octanol–water partition coefficient (Wildman–Crippen LogP) is 3.67. The molecule has 6 heteroatoms. The number of fused-ring (bicyclic) bond motifs is 6. The summed E-state index contributed by atoms with van der Waals surface area (Å²) in [7, 11) is 0. The number of hydrogen-bond acceptors (Lipinski definition) is 6. The van der Waals surface area contributed by atoms with Gasteiger partial charge in [0.1, 0.15) is 6.10 Å². The average Bonchev–Trinajstić information content (AvgIpc) is 3.51. The van der Waals surface area contributed by atoms with Crippen LogP contribution in [0, 0.1) is 40.4 Å². The molecule has 4 aliphatic carbocycles. The minimum atomic E-state index is -0.634. The van der Waals surface area contributed by atoms with E-state index >= 15 is 0 Å². The van der Waals surface area contributed by atoms with Gasteiger partial charge >= 0.3 is 5.97 Å². The lowest BCUT2D eigenvalue weighted by Gasteiger charge is -2.61. The van der Waals surface area contributed by atoms with Crippen LogP contribution in [0.25, 0.3) is 0 Å². The fourth-order valence-electron chi connectivity index (χ4n) is 9.89. The molecule has 0 radical (unpaired) electrons. The third-order valence-electron chi connectivity index (χ3n) is 11.1. The standard InChI is InChI=1S/C25H36O6/c1-22-7-8-24(29-11-12-30-24)13-15(22)3-4-16-17-5-6-19(23(2)27-9-10-28-23)25(17)14-18(20(16)22)31-21(25)26/h15-20H,3-14H2,1-2H3/t15-,16-,17+,18+,19-,20+,22-,25-/m0/s1. The van der Waals surface area contributed by atoms with E-state index in [0.717, 1.165) is 51.7 Å². The Hall–Kier alpha value is -0.690. The fourth-order valence-corrected chi connectivity index (χ4v) is 9.89. The van der Waals surface area contributed by atoms with Gasteiger partial charge in [-0.1, -0.05) is 6.92 Å². The highest BCUT2D eigenvalue weighted by Gasteiger charge is 2.75. The van der Waals surface area contributed by atoms with Gasteiger partial charge in [-0.15, -0.1) is 0 Å². The smallest absolute Gasteiger partial charge is 0.313 e. The minimum absolute atomic E-state index is 0.0478. The highest BCUT2D eigenvalue weighted by atomic mass is 16.7. The van der Waals surface area contributed by atoms with Crippen LogP contribution in [0.2, 0.25) is 0 Å². The molecule has 31 heavy (non-hydrogen) atoms. The Bertz CT molecular complexity index is 785. The van der Waals surface area contributed by atoms with E-state index < -0.39 is 11.2 Å². The first-order chi connectivity index (χ1) is 14.9. The van der Waals surface area contributed by atoms with E-state index in [-0.39, 0.29) is 29.2 Å². The van der Waals surface area contributed by atoms with Crippen molar-refractivity contribution in [2.24, 2.45) is 40.4 Å². The van der Waals surface area contributed by atoms with Gasteiger partial charge in [-0.2, -0.15) is 0 Å². The first kappa shape index (κ1) is 19.7. The molecule has 2 spiro atoms. The van der Waals surface area contributed by atoms with E-state index in [0.29, 0.717) is 36.9 Å². The van der Waals surface area contributed by atoms with Crippen molar-refractivity contribution in [2.45, 2.75) is 82.9 Å². The lowest BCUT2D eigenvalue weighted by atomic mass is 9.44. The molecule has 2 bridgehead atoms. The van der Waals surface area contributed by atoms with Gasteiger partial charge in [0.15, 0.2) is 11.6 Å². The summed E-state index contributed by atoms with van der Waals surface area (Å²) in [5.41, 5.74) is -0.199. The Morgan fingerprint density at radius 1 is 0.839 bits per heavy atom. The monoisotopic (exact) mass is 432 g/mol. The molecular weight excluding hydrogens is 396 g/mol. The van der Waals surface area contributed by atoms with Gasteiger partial charge in [-0.05, 0) is 62.2 Å². The second kappa shape index (κ2) is 6.25. The molecule has 0 N–H and O–H groups in total. The van der Waals surface area contributed by atoms with Gasteiger partial charge in [0.05, 0.1) is 31.8 Å². The molecule has 0 aromatic rings. The topological polar surface area (TPSA) is 63.2 Å². The van der Waals surface area contributed by atoms with Crippen LogP contribution in [0.5, 0.6) is 0 Å². The molecule has 6 nitrogen and oxygen atoms in total. The largest absolute Gasteiger partial charge is 0.462 e. The molecule has 3 aliphatic heterocycles. The zero-order valence-corrected chi connectivity index (χ0v) is 18.9. The van der Waals surface area contributed by atoms with Crippen LogP contribution < -0.4 is 0 Å². The van der Waals surface area contributed by atoms with Crippen LogP contribution in [0.3, 0.4) is 0 Å². The normalized spacial score (nSPS) is 53.8. The first-order valence-electron chi connectivity index (χ1n) is 12.7. The van der Waals surface area contributed by atoms with E-state index in [1.54, 1.807) is 0 Å². The Balaban J connectivity index is 1.23. The number of carbonyl (C=O) groups excluding carboxylic acids is 1. The lowest BCUT2D eigenvalue weighted by Crippen LogP contribution is -2.60. The summed E-state index contributed by atoms with van der Waals surface area (Å²) in [6.07, 6.45) is 8.54. The molecular formula is C25H36O6. The molecule has 0 aromatic heterocycles. The maximum absolute atomic E-state index is 13.6. The van der Waals surface area contributed by atoms with E-state index in [4.69, 9.17) is 23.7 Å². The maximum atomic E-state index is 13.6. The van der Waals surface area contributed by atoms with Gasteiger partial charge in [0, 0.05) is 31.1 Å². The van der Waals surface area contributed by atoms with Crippen LogP contribution in [-0.2, 0) is 28.5 Å². The van der Waals surface area contributed by atoms with Crippen LogP contribution in [0.1, 0.15) is 65.2 Å². The van der Waals surface area contributed by atoms with Gasteiger partial charge in [0.25, 0.3) is 0 Å². The SMILES string of the molecule is CC1([C@@H]2CC[C@@H]3[C@@H]4CC[C@H]5CC6(CC[C@]5(C)[C@H]4[C@H]4C[C@]32C(=O)O4)OCCO6)OCCO1. The first-order valence-corrected chi connectivity index (χ1v) is 12.7. The van der Waals surface area contributed by atoms with Crippen molar-refractivity contribution in [3.05, 3.63) is 0 Å². The minimum Gasteiger partial charge on any atom is -0.462 e. The molecule has 4 saturated carbocycles. The van der Waals surface area contributed by atoms with Gasteiger partial charge in [-0.3, -0.25) is 4.79 Å². The summed E-state index contributed by atoms with van der Waals surface area (Å²) in [6, 6.07) is 0. The highest BCUT2D eigenvalue weighted by molar-refractivity contribution is 5.81. The number of hydrogen-bond donors (Lipinski definition) is 0. The van der Waals surface area contributed by atoms with Crippen molar-refractivity contribution >= 4 is 5.97 Å². The van der Waals surface area contributed by atoms with Crippen molar-refractivity contribution < 1.29 is 28.5 Å². The van der Waals surface area contributed by atoms with Gasteiger partial charge in [0.2, 0.25) is 0 Å². The zero-order chi connectivity index (χ0) is 21.1. The molecule has 7 rings (SSSR count). The van der Waals surface area contributed by atoms with Crippen LogP contribution in [-0.4, -0.2) is 50.1 Å². The zero-order valence-electron chi connectivity index (χ0n) is 18.9. The van der Waals surface area contributed by atoms with Crippen molar-refractivity contribution in [1.82, 2.24) is 0 Å². The Kier molecular flexibility index (Phi) is 3.98. The lowest BCUT2D eigenvalue weighted by molar-refractivity contribution is -0.238. The second-order valence-corrected chi connectivity index (χ2v) is 11.9. The fraction of sp³-hybridized carbons (Fsp3) is 0.960. The molecule has 0 amide bonds. The summed E-state index contributed by atoms with van der Waals surface area (Å²) in [6.45, 7) is 7.27. The predicted molar refractivity (Wildman–Crippen MR) is 110 cm³/mol. The summed E-state index contributed by atoms with van der Waals surface area (Å²) in [5, 5.41) is 0. The summed E-state index contributed by atoms with van der Waals surface area (Å²) in [4.78, 5) is 13.6. The Labute approximate surface area is 184 Å². The third kappa shape index (κ3) is 2.36. The molecule has 0 aromatic carbocycles. The molecule has 172 valence electrons. The van der Waals surface area contributed by atoms with E-state index in [9.17, 15) is 4.79 Å². The molecule has 7 aliphatic rings. The Morgan fingerprint density at radius 3 is 2.35 bits per heavy atom. The Morgan fingerprint density at radius 2 is 1.58 bits per heavy atom. The molecule has 8 atom stereocenters. The number of esters is 1. The number of ether oxygens (including phenoxy) is 5. The molecule has 3 heterocycles. The van der Waals surface area contributed by atoms with Crippen molar-refractivity contribution in [1.29, 1.82) is 0 Å². The molecule has 0 unspecified atom stereocenters. The van der Waals surface area contributed by atoms with E-state index in [2.05, 4.69) is 13.8 Å². The van der Waals surface area contributed by atoms with Crippen LogP contribution in [0.15, 0.2) is 0 Å². The van der Waals surface area contributed by atoms with E-state index in [1.807, 2.05) is 0 Å². The van der Waals surface area contributed by atoms with Crippen molar-refractivity contribution in [2.75, 3.05) is 26.4 Å². The van der Waals surface area contributed by atoms with Crippen LogP contribution >= 0.6 is 0 Å². The highest BCUT2D eigenvalue weighted by Crippen LogP contribution is 2.72. The maximum Gasteiger partial charge on any atom is 0.313 e. The summed E-state index contributed by atoms with van der Waals surface area (Å²) >= 11 is 0. The average molecular weight is 433 g/mol. The van der Waals surface area contributed by atoms with Crippen molar-refractivity contribution in [3.63, 3.8) is 0 Å². The molecule has 7 fully saturated rings. The van der Waals surface area contributed by atoms with Crippen LogP contribution in [0.4, 0.5) is 0 Å². The number of rotatable bonds is 1. The van der Waals surface area contributed by atoms with Crippen molar-refractivity contribution in [3.8, 4) is 0 Å². The summed E-state index contributed by atoms with van der Waals surface area (Å²) < 4.78 is 30.7. The second-order valence-electron chi connectivity index (χ2n) is 11.9. The number of carbonyl (C=O) groups is 1. The third-order valence-corrected chi connectivity index (χ3v) is 11.1. The van der Waals surface area contributed by atoms with E-state index in [1.165, 1.54) is 12.8 Å². The van der Waals surface area contributed by atoms with Gasteiger partial charge in [-0.25, -0.2) is 0 Å².